The van der Waals surface area contributed by atoms with Gasteiger partial charge in [-0.3, -0.25) is 15.1 Å². The van der Waals surface area contributed by atoms with Gasteiger partial charge >= 0.3 is 0 Å². The zero-order valence-corrected chi connectivity index (χ0v) is 21.8. The number of likely N-dealkylation sites (N-methyl/N-ethyl adjacent to an activating group) is 1. The number of hydrogen-bond acceptors (Lipinski definition) is 7. The molecule has 3 N–H and O–H groups in total. The van der Waals surface area contributed by atoms with Gasteiger partial charge < -0.3 is 19.9 Å². The number of halogens is 1. The number of anilines is 1. The Bertz CT molecular complexity index is 1790. The van der Waals surface area contributed by atoms with E-state index in [2.05, 4.69) is 35.4 Å². The van der Waals surface area contributed by atoms with Crippen molar-refractivity contribution in [2.45, 2.75) is 0 Å². The first-order valence-corrected chi connectivity index (χ1v) is 12.5. The van der Waals surface area contributed by atoms with Crippen molar-refractivity contribution in [3.63, 3.8) is 0 Å². The Labute approximate surface area is 224 Å². The van der Waals surface area contributed by atoms with Gasteiger partial charge in [0.15, 0.2) is 5.82 Å². The van der Waals surface area contributed by atoms with Crippen LogP contribution in [0.2, 0.25) is 0 Å². The normalized spacial score (nSPS) is 11.5. The Morgan fingerprint density at radius 3 is 2.74 bits per heavy atom. The minimum atomic E-state index is -0.307. The number of benzene rings is 2. The topological polar surface area (TPSA) is 108 Å². The van der Waals surface area contributed by atoms with Crippen LogP contribution in [0.4, 0.5) is 10.1 Å². The summed E-state index contributed by atoms with van der Waals surface area (Å²) in [5.74, 6) is 0.948. The van der Waals surface area contributed by atoms with Crippen LogP contribution in [0.5, 0.6) is 5.75 Å². The van der Waals surface area contributed by atoms with E-state index in [0.29, 0.717) is 23.8 Å². The summed E-state index contributed by atoms with van der Waals surface area (Å²) in [5.41, 5.74) is 6.88. The fourth-order valence-corrected chi connectivity index (χ4v) is 4.57. The predicted octanol–water partition coefficient (Wildman–Crippen LogP) is 5.35. The quantitative estimate of drug-likeness (QED) is 0.247. The molecule has 6 aromatic rings. The molecule has 0 spiro atoms. The van der Waals surface area contributed by atoms with E-state index in [0.717, 1.165) is 56.6 Å². The standard InChI is InChI=1S/C29H27FN8O/c1-38(2)8-7-32-20-10-17(9-19(30)12-20)22-5-4-6-24-27(22)35-29(34-24)28-23-13-25(33-16-26(23)36-37-28)18-11-21(39-3)15-31-14-18/h4-6,9-16,32H,7-8H2,1-3H3,(H,34,35)(H,36,37). The monoisotopic (exact) mass is 522 g/mol. The number of para-hydroxylation sites is 1. The average molecular weight is 523 g/mol. The summed E-state index contributed by atoms with van der Waals surface area (Å²) in [4.78, 5) is 19.2. The summed E-state index contributed by atoms with van der Waals surface area (Å²) in [6, 6.07) is 14.7. The van der Waals surface area contributed by atoms with Crippen LogP contribution in [0.25, 0.3) is 55.8 Å². The lowest BCUT2D eigenvalue weighted by Gasteiger charge is -2.13. The van der Waals surface area contributed by atoms with Gasteiger partial charge in [-0.15, -0.1) is 0 Å². The second-order valence-corrected chi connectivity index (χ2v) is 9.55. The first kappa shape index (κ1) is 24.5. The number of ether oxygens (including phenoxy) is 1. The van der Waals surface area contributed by atoms with E-state index in [1.807, 2.05) is 50.5 Å². The molecule has 2 aromatic carbocycles. The number of nitrogens with zero attached hydrogens (tertiary/aromatic N) is 5. The van der Waals surface area contributed by atoms with Crippen molar-refractivity contribution in [2.75, 3.05) is 39.6 Å². The van der Waals surface area contributed by atoms with Crippen molar-refractivity contribution < 1.29 is 9.13 Å². The summed E-state index contributed by atoms with van der Waals surface area (Å²) in [6.45, 7) is 1.55. The smallest absolute Gasteiger partial charge is 0.159 e. The lowest BCUT2D eigenvalue weighted by molar-refractivity contribution is 0.413. The van der Waals surface area contributed by atoms with Gasteiger partial charge in [0.2, 0.25) is 0 Å². The highest BCUT2D eigenvalue weighted by Crippen LogP contribution is 2.34. The molecule has 0 amide bonds. The minimum Gasteiger partial charge on any atom is -0.495 e. The summed E-state index contributed by atoms with van der Waals surface area (Å²) in [6.07, 6.45) is 5.14. The number of methoxy groups -OCH3 is 1. The first-order chi connectivity index (χ1) is 19.0. The van der Waals surface area contributed by atoms with Crippen molar-refractivity contribution in [3.8, 4) is 39.7 Å². The van der Waals surface area contributed by atoms with Crippen LogP contribution >= 0.6 is 0 Å². The highest BCUT2D eigenvalue weighted by atomic mass is 19.1. The number of H-pyrrole nitrogens is 2. The van der Waals surface area contributed by atoms with Crippen molar-refractivity contribution >= 4 is 27.6 Å². The van der Waals surface area contributed by atoms with E-state index in [-0.39, 0.29) is 5.82 Å². The van der Waals surface area contributed by atoms with Crippen molar-refractivity contribution in [1.82, 2.24) is 35.0 Å². The zero-order valence-electron chi connectivity index (χ0n) is 21.8. The molecule has 0 aliphatic carbocycles. The fraction of sp³-hybridized carbons (Fsp3) is 0.172. The zero-order chi connectivity index (χ0) is 26.9. The Morgan fingerprint density at radius 2 is 1.90 bits per heavy atom. The average Bonchev–Trinajstić information content (AvgIpc) is 3.56. The third-order valence-electron chi connectivity index (χ3n) is 6.53. The molecule has 0 fully saturated rings. The van der Waals surface area contributed by atoms with E-state index in [1.165, 1.54) is 12.1 Å². The van der Waals surface area contributed by atoms with Gasteiger partial charge in [0.1, 0.15) is 17.3 Å². The molecule has 0 atom stereocenters. The second-order valence-electron chi connectivity index (χ2n) is 9.55. The Hall–Kier alpha value is -4.83. The number of aromatic amines is 2. The maximum absolute atomic E-state index is 14.6. The molecule has 0 bridgehead atoms. The molecule has 0 unspecified atom stereocenters. The molecular formula is C29H27FN8O. The molecule has 6 rings (SSSR count). The van der Waals surface area contributed by atoms with Crippen LogP contribution in [-0.2, 0) is 0 Å². The molecule has 39 heavy (non-hydrogen) atoms. The minimum absolute atomic E-state index is 0.307. The van der Waals surface area contributed by atoms with Crippen LogP contribution in [0.3, 0.4) is 0 Å². The van der Waals surface area contributed by atoms with Crippen LogP contribution in [0, 0.1) is 5.82 Å². The summed E-state index contributed by atoms with van der Waals surface area (Å²) in [7, 11) is 5.61. The lowest BCUT2D eigenvalue weighted by atomic mass is 10.0. The Kier molecular flexibility index (Phi) is 6.37. The number of rotatable bonds is 8. The SMILES string of the molecule is COc1cncc(-c2cc3c(-c4nc5c(-c6cc(F)cc(NCCN(C)C)c6)cccc5[nH]4)n[nH]c3cn2)c1. The summed E-state index contributed by atoms with van der Waals surface area (Å²) >= 11 is 0. The van der Waals surface area contributed by atoms with Crippen LogP contribution in [0.15, 0.2) is 67.1 Å². The van der Waals surface area contributed by atoms with Gasteiger partial charge in [-0.05, 0) is 56.1 Å². The second kappa shape index (κ2) is 10.1. The number of nitrogens with one attached hydrogen (secondary N) is 3. The van der Waals surface area contributed by atoms with E-state index < -0.39 is 0 Å². The maximum atomic E-state index is 14.6. The summed E-state index contributed by atoms with van der Waals surface area (Å²) < 4.78 is 19.9. The van der Waals surface area contributed by atoms with Gasteiger partial charge in [0, 0.05) is 41.5 Å². The number of aromatic nitrogens is 6. The van der Waals surface area contributed by atoms with Crippen molar-refractivity contribution in [1.29, 1.82) is 0 Å². The molecule has 10 heteroatoms. The van der Waals surface area contributed by atoms with Gasteiger partial charge in [-0.25, -0.2) is 9.37 Å². The number of pyridine rings is 2. The first-order valence-electron chi connectivity index (χ1n) is 12.5. The molecule has 196 valence electrons. The van der Waals surface area contributed by atoms with Gasteiger partial charge in [0.05, 0.1) is 41.7 Å². The highest BCUT2D eigenvalue weighted by Gasteiger charge is 2.17. The van der Waals surface area contributed by atoms with Crippen LogP contribution in [-0.4, -0.2) is 69.3 Å². The molecule has 0 aliphatic heterocycles. The largest absolute Gasteiger partial charge is 0.495 e. The third kappa shape index (κ3) is 4.89. The van der Waals surface area contributed by atoms with E-state index in [9.17, 15) is 4.39 Å². The van der Waals surface area contributed by atoms with Crippen LogP contribution < -0.4 is 10.1 Å². The highest BCUT2D eigenvalue weighted by molar-refractivity contribution is 5.98. The van der Waals surface area contributed by atoms with E-state index in [1.54, 1.807) is 25.7 Å². The maximum Gasteiger partial charge on any atom is 0.159 e. The van der Waals surface area contributed by atoms with Gasteiger partial charge in [-0.2, -0.15) is 5.10 Å². The molecule has 4 aromatic heterocycles. The molecule has 0 saturated carbocycles. The molecule has 4 heterocycles. The van der Waals surface area contributed by atoms with E-state index >= 15 is 0 Å². The van der Waals surface area contributed by atoms with Crippen molar-refractivity contribution in [3.05, 3.63) is 72.9 Å². The fourth-order valence-electron chi connectivity index (χ4n) is 4.57. The van der Waals surface area contributed by atoms with Crippen LogP contribution in [0.1, 0.15) is 0 Å². The molecule has 0 saturated heterocycles. The van der Waals surface area contributed by atoms with Gasteiger partial charge in [0.25, 0.3) is 0 Å². The molecule has 0 radical (unpaired) electrons. The molecule has 9 nitrogen and oxygen atoms in total. The number of hydrogen-bond donors (Lipinski definition) is 3. The third-order valence-corrected chi connectivity index (χ3v) is 6.53. The van der Waals surface area contributed by atoms with E-state index in [4.69, 9.17) is 9.72 Å². The van der Waals surface area contributed by atoms with Gasteiger partial charge in [-0.1, -0.05) is 12.1 Å². The summed E-state index contributed by atoms with van der Waals surface area (Å²) in [5, 5.41) is 11.8. The predicted molar refractivity (Wildman–Crippen MR) is 151 cm³/mol. The molecular weight excluding hydrogens is 495 g/mol. The Morgan fingerprint density at radius 1 is 1.00 bits per heavy atom. The molecule has 0 aliphatic rings. The van der Waals surface area contributed by atoms with Crippen molar-refractivity contribution in [2.24, 2.45) is 0 Å². The Balaban J connectivity index is 1.40. The number of imidazole rings is 1. The number of fused-ring (bicyclic) bond motifs is 2. The lowest BCUT2D eigenvalue weighted by Crippen LogP contribution is -2.20.